The SMILES string of the molecule is CN=C(NCCCc1nc(C(C)C)no1)NCC1(c2ccccc2)CCCC1. The van der Waals surface area contributed by atoms with Gasteiger partial charge >= 0.3 is 0 Å². The van der Waals surface area contributed by atoms with Crippen LogP contribution in [-0.4, -0.2) is 36.2 Å². The molecule has 28 heavy (non-hydrogen) atoms. The fraction of sp³-hybridized carbons (Fsp3) is 0.591. The second-order valence-corrected chi connectivity index (χ2v) is 8.01. The lowest BCUT2D eigenvalue weighted by Gasteiger charge is -2.30. The summed E-state index contributed by atoms with van der Waals surface area (Å²) in [6.45, 7) is 5.87. The van der Waals surface area contributed by atoms with Crippen molar-refractivity contribution in [1.82, 2.24) is 20.8 Å². The molecule has 152 valence electrons. The Morgan fingerprint density at radius 3 is 2.57 bits per heavy atom. The van der Waals surface area contributed by atoms with Crippen LogP contribution in [-0.2, 0) is 11.8 Å². The molecule has 3 rings (SSSR count). The van der Waals surface area contributed by atoms with Crippen LogP contribution in [0.1, 0.15) is 69.1 Å². The summed E-state index contributed by atoms with van der Waals surface area (Å²) in [4.78, 5) is 8.82. The number of aliphatic imine (C=N–C) groups is 1. The molecule has 1 aliphatic carbocycles. The molecule has 2 aromatic rings. The average Bonchev–Trinajstić information content (AvgIpc) is 3.39. The number of aromatic nitrogens is 2. The second-order valence-electron chi connectivity index (χ2n) is 8.01. The molecule has 6 heteroatoms. The first-order valence-electron chi connectivity index (χ1n) is 10.5. The van der Waals surface area contributed by atoms with E-state index in [-0.39, 0.29) is 5.41 Å². The van der Waals surface area contributed by atoms with Crippen molar-refractivity contribution in [2.75, 3.05) is 20.1 Å². The first kappa shape index (κ1) is 20.4. The number of rotatable bonds is 8. The molecule has 1 aromatic heterocycles. The van der Waals surface area contributed by atoms with E-state index in [2.05, 4.69) is 69.9 Å². The van der Waals surface area contributed by atoms with Gasteiger partial charge in [0.25, 0.3) is 0 Å². The number of hydrogen-bond donors (Lipinski definition) is 2. The minimum absolute atomic E-state index is 0.218. The first-order valence-corrected chi connectivity index (χ1v) is 10.5. The smallest absolute Gasteiger partial charge is 0.226 e. The highest BCUT2D eigenvalue weighted by Gasteiger charge is 2.35. The van der Waals surface area contributed by atoms with E-state index in [9.17, 15) is 0 Å². The predicted octanol–water partition coefficient (Wildman–Crippen LogP) is 3.80. The van der Waals surface area contributed by atoms with E-state index >= 15 is 0 Å². The van der Waals surface area contributed by atoms with Crippen molar-refractivity contribution in [1.29, 1.82) is 0 Å². The van der Waals surface area contributed by atoms with Gasteiger partial charge in [-0.3, -0.25) is 4.99 Å². The standard InChI is InChI=1S/C22H33N5O/c1-17(2)20-26-19(28-27-20)12-9-15-24-21(23-3)25-16-22(13-7-8-14-22)18-10-5-4-6-11-18/h4-6,10-11,17H,7-9,12-16H2,1-3H3,(H2,23,24,25). The molecule has 0 spiro atoms. The van der Waals surface area contributed by atoms with Gasteiger partial charge in [0, 0.05) is 37.9 Å². The van der Waals surface area contributed by atoms with E-state index in [0.717, 1.165) is 37.7 Å². The van der Waals surface area contributed by atoms with Crippen molar-refractivity contribution >= 4 is 5.96 Å². The van der Waals surface area contributed by atoms with Gasteiger partial charge in [0.1, 0.15) is 0 Å². The van der Waals surface area contributed by atoms with Crippen molar-refractivity contribution in [3.05, 3.63) is 47.6 Å². The minimum Gasteiger partial charge on any atom is -0.356 e. The van der Waals surface area contributed by atoms with Crippen LogP contribution in [0.3, 0.4) is 0 Å². The molecule has 2 N–H and O–H groups in total. The molecule has 0 bridgehead atoms. The Kier molecular flexibility index (Phi) is 7.06. The average molecular weight is 384 g/mol. The van der Waals surface area contributed by atoms with Crippen LogP contribution < -0.4 is 10.6 Å². The summed E-state index contributed by atoms with van der Waals surface area (Å²) in [6.07, 6.45) is 6.75. The van der Waals surface area contributed by atoms with Gasteiger partial charge in [0.05, 0.1) is 0 Å². The Hall–Kier alpha value is -2.37. The molecule has 0 amide bonds. The van der Waals surface area contributed by atoms with Crippen LogP contribution in [0.25, 0.3) is 0 Å². The maximum Gasteiger partial charge on any atom is 0.226 e. The molecule has 6 nitrogen and oxygen atoms in total. The highest BCUT2D eigenvalue weighted by Crippen LogP contribution is 2.40. The number of benzene rings is 1. The molecule has 1 saturated carbocycles. The van der Waals surface area contributed by atoms with Crippen LogP contribution in [0, 0.1) is 0 Å². The van der Waals surface area contributed by atoms with Crippen LogP contribution in [0.4, 0.5) is 0 Å². The van der Waals surface area contributed by atoms with Gasteiger partial charge in [-0.2, -0.15) is 4.98 Å². The van der Waals surface area contributed by atoms with Crippen LogP contribution in [0.2, 0.25) is 0 Å². The topological polar surface area (TPSA) is 75.3 Å². The van der Waals surface area contributed by atoms with Gasteiger partial charge in [-0.1, -0.05) is 62.2 Å². The molecule has 0 atom stereocenters. The molecular formula is C22H33N5O. The summed E-state index contributed by atoms with van der Waals surface area (Å²) >= 11 is 0. The monoisotopic (exact) mass is 383 g/mol. The molecule has 0 radical (unpaired) electrons. The molecule has 0 saturated heterocycles. The fourth-order valence-corrected chi connectivity index (χ4v) is 3.94. The zero-order chi connectivity index (χ0) is 19.8. The van der Waals surface area contributed by atoms with Gasteiger partial charge in [-0.15, -0.1) is 0 Å². The number of hydrogen-bond acceptors (Lipinski definition) is 4. The quantitative estimate of drug-likeness (QED) is 0.412. The van der Waals surface area contributed by atoms with Gasteiger partial charge < -0.3 is 15.2 Å². The van der Waals surface area contributed by atoms with Gasteiger partial charge in [-0.05, 0) is 24.8 Å². The fourth-order valence-electron chi connectivity index (χ4n) is 3.94. The minimum atomic E-state index is 0.218. The van der Waals surface area contributed by atoms with E-state index in [1.54, 1.807) is 0 Å². The lowest BCUT2D eigenvalue weighted by molar-refractivity contribution is 0.368. The molecule has 1 fully saturated rings. The normalized spacial score (nSPS) is 16.5. The van der Waals surface area contributed by atoms with E-state index < -0.39 is 0 Å². The maximum atomic E-state index is 5.30. The molecule has 1 aromatic carbocycles. The number of nitrogens with one attached hydrogen (secondary N) is 2. The first-order chi connectivity index (χ1) is 13.6. The highest BCUT2D eigenvalue weighted by molar-refractivity contribution is 5.79. The van der Waals surface area contributed by atoms with Crippen molar-refractivity contribution in [3.63, 3.8) is 0 Å². The van der Waals surface area contributed by atoms with Crippen molar-refractivity contribution < 1.29 is 4.52 Å². The summed E-state index contributed by atoms with van der Waals surface area (Å²) in [5, 5.41) is 11.0. The molecule has 0 aliphatic heterocycles. The van der Waals surface area contributed by atoms with Gasteiger partial charge in [0.2, 0.25) is 5.89 Å². The van der Waals surface area contributed by atoms with E-state index in [4.69, 9.17) is 4.52 Å². The second kappa shape index (κ2) is 9.71. The Morgan fingerprint density at radius 2 is 1.93 bits per heavy atom. The van der Waals surface area contributed by atoms with Crippen LogP contribution in [0.15, 0.2) is 39.8 Å². The summed E-state index contributed by atoms with van der Waals surface area (Å²) in [6, 6.07) is 10.9. The van der Waals surface area contributed by atoms with Gasteiger partial charge in [0.15, 0.2) is 11.8 Å². The zero-order valence-electron chi connectivity index (χ0n) is 17.4. The third-order valence-electron chi connectivity index (χ3n) is 5.62. The van der Waals surface area contributed by atoms with E-state index in [0.29, 0.717) is 11.8 Å². The molecule has 1 aliphatic rings. The Balaban J connectivity index is 1.46. The van der Waals surface area contributed by atoms with Crippen LogP contribution >= 0.6 is 0 Å². The lowest BCUT2D eigenvalue weighted by Crippen LogP contribution is -2.45. The summed E-state index contributed by atoms with van der Waals surface area (Å²) in [5.74, 6) is 2.65. The van der Waals surface area contributed by atoms with Crippen molar-refractivity contribution in [3.8, 4) is 0 Å². The summed E-state index contributed by atoms with van der Waals surface area (Å²) in [7, 11) is 1.83. The Labute approximate surface area is 168 Å². The maximum absolute atomic E-state index is 5.30. The summed E-state index contributed by atoms with van der Waals surface area (Å²) in [5.41, 5.74) is 1.66. The molecular weight excluding hydrogens is 350 g/mol. The van der Waals surface area contributed by atoms with Crippen LogP contribution in [0.5, 0.6) is 0 Å². The number of nitrogens with zero attached hydrogens (tertiary/aromatic N) is 3. The number of guanidine groups is 1. The number of aryl methyl sites for hydroxylation is 1. The van der Waals surface area contributed by atoms with E-state index in [1.165, 1.54) is 31.2 Å². The third kappa shape index (κ3) is 5.12. The summed E-state index contributed by atoms with van der Waals surface area (Å²) < 4.78 is 5.30. The zero-order valence-corrected chi connectivity index (χ0v) is 17.4. The third-order valence-corrected chi connectivity index (χ3v) is 5.62. The van der Waals surface area contributed by atoms with Crippen molar-refractivity contribution in [2.24, 2.45) is 4.99 Å². The van der Waals surface area contributed by atoms with E-state index in [1.807, 2.05) is 7.05 Å². The predicted molar refractivity (Wildman–Crippen MR) is 113 cm³/mol. The van der Waals surface area contributed by atoms with Crippen molar-refractivity contribution in [2.45, 2.75) is 63.7 Å². The lowest BCUT2D eigenvalue weighted by atomic mass is 9.79. The van der Waals surface area contributed by atoms with Gasteiger partial charge in [-0.25, -0.2) is 0 Å². The highest BCUT2D eigenvalue weighted by atomic mass is 16.5. The Morgan fingerprint density at radius 1 is 1.18 bits per heavy atom. The molecule has 1 heterocycles. The Bertz CT molecular complexity index is 747. The molecule has 0 unspecified atom stereocenters. The largest absolute Gasteiger partial charge is 0.356 e.